The van der Waals surface area contributed by atoms with Gasteiger partial charge in [0.2, 0.25) is 0 Å². The minimum absolute atomic E-state index is 0.316. The minimum Gasteiger partial charge on any atom is -0.313 e. The SMILES string of the molecule is CNC(Cc1ccc(Cl)s1)c1cc(C)cc(Br)c1. The van der Waals surface area contributed by atoms with Gasteiger partial charge >= 0.3 is 0 Å². The highest BCUT2D eigenvalue weighted by Crippen LogP contribution is 2.28. The second-order valence-corrected chi connectivity index (χ2v) is 7.03. The van der Waals surface area contributed by atoms with E-state index in [9.17, 15) is 0 Å². The molecule has 0 aliphatic rings. The van der Waals surface area contributed by atoms with Gasteiger partial charge in [0.25, 0.3) is 0 Å². The summed E-state index contributed by atoms with van der Waals surface area (Å²) in [4.78, 5) is 1.30. The Hall–Kier alpha value is -0.350. The fourth-order valence-corrected chi connectivity index (χ4v) is 3.77. The Morgan fingerprint density at radius 1 is 1.33 bits per heavy atom. The van der Waals surface area contributed by atoms with Gasteiger partial charge in [-0.15, -0.1) is 11.3 Å². The number of aryl methyl sites for hydroxylation is 1. The van der Waals surface area contributed by atoms with Crippen LogP contribution in [0, 0.1) is 6.92 Å². The van der Waals surface area contributed by atoms with Crippen LogP contribution in [-0.4, -0.2) is 7.05 Å². The first-order chi connectivity index (χ1) is 8.58. The zero-order chi connectivity index (χ0) is 13.1. The molecule has 1 aromatic heterocycles. The van der Waals surface area contributed by atoms with E-state index in [0.29, 0.717) is 6.04 Å². The highest BCUT2D eigenvalue weighted by Gasteiger charge is 2.12. The number of hydrogen-bond donors (Lipinski definition) is 1. The molecule has 1 unspecified atom stereocenters. The summed E-state index contributed by atoms with van der Waals surface area (Å²) in [6.07, 6.45) is 0.962. The van der Waals surface area contributed by atoms with Crippen LogP contribution in [-0.2, 0) is 6.42 Å². The predicted molar refractivity (Wildman–Crippen MR) is 83.7 cm³/mol. The lowest BCUT2D eigenvalue weighted by atomic mass is 10.0. The second-order valence-electron chi connectivity index (χ2n) is 4.31. The largest absolute Gasteiger partial charge is 0.313 e. The molecule has 96 valence electrons. The molecule has 1 nitrogen and oxygen atoms in total. The lowest BCUT2D eigenvalue weighted by molar-refractivity contribution is 0.596. The summed E-state index contributed by atoms with van der Waals surface area (Å²) >= 11 is 11.2. The quantitative estimate of drug-likeness (QED) is 0.825. The maximum Gasteiger partial charge on any atom is 0.0931 e. The second kappa shape index (κ2) is 6.20. The smallest absolute Gasteiger partial charge is 0.0931 e. The van der Waals surface area contributed by atoms with Gasteiger partial charge in [0.15, 0.2) is 0 Å². The maximum atomic E-state index is 5.97. The predicted octanol–water partition coefficient (Wildman–Crippen LogP) is 4.98. The van der Waals surface area contributed by atoms with Gasteiger partial charge in [-0.25, -0.2) is 0 Å². The molecule has 0 radical (unpaired) electrons. The third kappa shape index (κ3) is 3.58. The summed E-state index contributed by atoms with van der Waals surface area (Å²) in [5, 5.41) is 3.37. The van der Waals surface area contributed by atoms with E-state index >= 15 is 0 Å². The summed E-state index contributed by atoms with van der Waals surface area (Å²) in [6.45, 7) is 2.11. The molecule has 1 heterocycles. The zero-order valence-electron chi connectivity index (χ0n) is 10.3. The molecule has 1 N–H and O–H groups in total. The summed E-state index contributed by atoms with van der Waals surface area (Å²) in [5.41, 5.74) is 2.57. The maximum absolute atomic E-state index is 5.97. The molecule has 4 heteroatoms. The molecular weight excluding hydrogens is 330 g/mol. The van der Waals surface area contributed by atoms with Crippen molar-refractivity contribution in [1.29, 1.82) is 0 Å². The number of nitrogens with one attached hydrogen (secondary N) is 1. The van der Waals surface area contributed by atoms with E-state index in [-0.39, 0.29) is 0 Å². The van der Waals surface area contributed by atoms with E-state index in [1.54, 1.807) is 11.3 Å². The molecule has 0 bridgehead atoms. The zero-order valence-corrected chi connectivity index (χ0v) is 13.5. The molecule has 2 rings (SSSR count). The van der Waals surface area contributed by atoms with Gasteiger partial charge in [-0.1, -0.05) is 33.6 Å². The van der Waals surface area contributed by atoms with Crippen LogP contribution in [0.15, 0.2) is 34.8 Å². The van der Waals surface area contributed by atoms with Gasteiger partial charge in [-0.3, -0.25) is 0 Å². The van der Waals surface area contributed by atoms with E-state index in [4.69, 9.17) is 11.6 Å². The number of benzene rings is 1. The molecule has 0 spiro atoms. The lowest BCUT2D eigenvalue weighted by Crippen LogP contribution is -2.18. The van der Waals surface area contributed by atoms with Gasteiger partial charge < -0.3 is 5.32 Å². The molecule has 0 aliphatic heterocycles. The van der Waals surface area contributed by atoms with E-state index in [2.05, 4.69) is 52.4 Å². The first-order valence-corrected chi connectivity index (χ1v) is 7.76. The van der Waals surface area contributed by atoms with Crippen molar-refractivity contribution < 1.29 is 0 Å². The van der Waals surface area contributed by atoms with Crippen LogP contribution in [0.2, 0.25) is 4.34 Å². The van der Waals surface area contributed by atoms with Gasteiger partial charge in [0, 0.05) is 21.8 Å². The van der Waals surface area contributed by atoms with Crippen LogP contribution in [0.1, 0.15) is 22.0 Å². The van der Waals surface area contributed by atoms with Crippen LogP contribution < -0.4 is 5.32 Å². The van der Waals surface area contributed by atoms with Crippen molar-refractivity contribution in [2.75, 3.05) is 7.05 Å². The van der Waals surface area contributed by atoms with Gasteiger partial charge in [-0.05, 0) is 49.4 Å². The van der Waals surface area contributed by atoms with Crippen molar-refractivity contribution in [3.63, 3.8) is 0 Å². The molecule has 0 fully saturated rings. The number of likely N-dealkylation sites (N-methyl/N-ethyl adjacent to an activating group) is 1. The molecular formula is C14H15BrClNS. The molecule has 0 saturated heterocycles. The summed E-state index contributed by atoms with van der Waals surface area (Å²) in [7, 11) is 2.00. The van der Waals surface area contributed by atoms with E-state index < -0.39 is 0 Å². The third-order valence-electron chi connectivity index (χ3n) is 2.85. The molecule has 2 aromatic rings. The average molecular weight is 345 g/mol. The Kier molecular flexibility index (Phi) is 4.84. The van der Waals surface area contributed by atoms with Crippen molar-refractivity contribution in [3.05, 3.63) is 55.1 Å². The van der Waals surface area contributed by atoms with Crippen molar-refractivity contribution in [2.24, 2.45) is 0 Å². The van der Waals surface area contributed by atoms with Crippen LogP contribution >= 0.6 is 38.9 Å². The van der Waals surface area contributed by atoms with E-state index in [1.807, 2.05) is 13.1 Å². The highest BCUT2D eigenvalue weighted by atomic mass is 79.9. The molecule has 1 atom stereocenters. The molecule has 1 aromatic carbocycles. The number of hydrogen-bond acceptors (Lipinski definition) is 2. The number of halogens is 2. The van der Waals surface area contributed by atoms with E-state index in [0.717, 1.165) is 15.2 Å². The third-order valence-corrected chi connectivity index (χ3v) is 4.56. The molecule has 0 amide bonds. The van der Waals surface area contributed by atoms with Crippen LogP contribution in [0.4, 0.5) is 0 Å². The highest BCUT2D eigenvalue weighted by molar-refractivity contribution is 9.10. The topological polar surface area (TPSA) is 12.0 Å². The van der Waals surface area contributed by atoms with Crippen molar-refractivity contribution in [2.45, 2.75) is 19.4 Å². The summed E-state index contributed by atoms with van der Waals surface area (Å²) in [5.74, 6) is 0. The Balaban J connectivity index is 2.22. The lowest BCUT2D eigenvalue weighted by Gasteiger charge is -2.17. The van der Waals surface area contributed by atoms with E-state index in [1.165, 1.54) is 16.0 Å². The van der Waals surface area contributed by atoms with Gasteiger partial charge in [-0.2, -0.15) is 0 Å². The van der Waals surface area contributed by atoms with Gasteiger partial charge in [0.1, 0.15) is 0 Å². The fraction of sp³-hybridized carbons (Fsp3) is 0.286. The minimum atomic E-state index is 0.316. The first kappa shape index (κ1) is 14.1. The summed E-state index contributed by atoms with van der Waals surface area (Å²) in [6, 6.07) is 10.9. The Morgan fingerprint density at radius 2 is 2.11 bits per heavy atom. The monoisotopic (exact) mass is 343 g/mol. The first-order valence-electron chi connectivity index (χ1n) is 5.77. The Bertz CT molecular complexity index is 518. The average Bonchev–Trinajstić information content (AvgIpc) is 2.70. The summed E-state index contributed by atoms with van der Waals surface area (Å²) < 4.78 is 1.98. The number of rotatable bonds is 4. The van der Waals surface area contributed by atoms with Crippen molar-refractivity contribution in [1.82, 2.24) is 5.32 Å². The molecule has 18 heavy (non-hydrogen) atoms. The standard InChI is InChI=1S/C14H15BrClNS/c1-9-5-10(7-11(15)6-9)13(17-2)8-12-3-4-14(16)18-12/h3-7,13,17H,8H2,1-2H3. The molecule has 0 aliphatic carbocycles. The normalized spacial score (nSPS) is 12.7. The van der Waals surface area contributed by atoms with Crippen LogP contribution in [0.25, 0.3) is 0 Å². The molecule has 0 saturated carbocycles. The fourth-order valence-electron chi connectivity index (χ4n) is 2.02. The Labute approximate surface area is 125 Å². The van der Waals surface area contributed by atoms with Crippen LogP contribution in [0.3, 0.4) is 0 Å². The van der Waals surface area contributed by atoms with Crippen LogP contribution in [0.5, 0.6) is 0 Å². The van der Waals surface area contributed by atoms with Crippen molar-refractivity contribution >= 4 is 38.9 Å². The number of thiophene rings is 1. The van der Waals surface area contributed by atoms with Gasteiger partial charge in [0.05, 0.1) is 4.34 Å². The van der Waals surface area contributed by atoms with Crippen molar-refractivity contribution in [3.8, 4) is 0 Å². The Morgan fingerprint density at radius 3 is 2.67 bits per heavy atom.